The zero-order valence-corrected chi connectivity index (χ0v) is 11.8. The summed E-state index contributed by atoms with van der Waals surface area (Å²) >= 11 is 13.0. The summed E-state index contributed by atoms with van der Waals surface area (Å²) in [5.41, 5.74) is -0.182. The first-order valence-electron chi connectivity index (χ1n) is 5.19. The van der Waals surface area contributed by atoms with Crippen molar-refractivity contribution < 1.29 is 9.90 Å². The van der Waals surface area contributed by atoms with Crippen molar-refractivity contribution in [3.8, 4) is 0 Å². The van der Waals surface area contributed by atoms with E-state index < -0.39 is 5.97 Å². The number of hydrogen-bond acceptors (Lipinski definition) is 4. The van der Waals surface area contributed by atoms with Gasteiger partial charge in [0.1, 0.15) is 5.82 Å². The largest absolute Gasteiger partial charge is 0.476 e. The Labute approximate surface area is 123 Å². The molecule has 0 aliphatic rings. The molecule has 0 fully saturated rings. The van der Waals surface area contributed by atoms with E-state index in [9.17, 15) is 4.79 Å². The lowest BCUT2D eigenvalue weighted by atomic mass is 10.4. The van der Waals surface area contributed by atoms with Gasteiger partial charge in [-0.15, -0.1) is 11.8 Å². The average molecular weight is 315 g/mol. The van der Waals surface area contributed by atoms with Gasteiger partial charge in [-0.1, -0.05) is 29.3 Å². The number of hydrogen-bond donors (Lipinski definition) is 1. The monoisotopic (exact) mass is 314 g/mol. The van der Waals surface area contributed by atoms with E-state index in [4.69, 9.17) is 28.3 Å². The molecular weight excluding hydrogens is 307 g/mol. The number of aromatic nitrogens is 2. The van der Waals surface area contributed by atoms with Crippen molar-refractivity contribution in [1.82, 2.24) is 9.97 Å². The molecule has 1 heterocycles. The van der Waals surface area contributed by atoms with Gasteiger partial charge >= 0.3 is 5.97 Å². The number of carboxylic acids is 1. The SMILES string of the molecule is O=C(O)c1nc(CSc2cccc(Cl)c2)ncc1Cl. The number of aromatic carboxylic acids is 1. The topological polar surface area (TPSA) is 63.1 Å². The van der Waals surface area contributed by atoms with Gasteiger partial charge < -0.3 is 5.11 Å². The number of halogens is 2. The van der Waals surface area contributed by atoms with Gasteiger partial charge in [0.25, 0.3) is 0 Å². The molecule has 0 aliphatic heterocycles. The van der Waals surface area contributed by atoms with Gasteiger partial charge in [0.2, 0.25) is 0 Å². The van der Waals surface area contributed by atoms with E-state index in [2.05, 4.69) is 9.97 Å². The van der Waals surface area contributed by atoms with E-state index >= 15 is 0 Å². The number of benzene rings is 1. The molecular formula is C12H8Cl2N2O2S. The van der Waals surface area contributed by atoms with Crippen LogP contribution in [0.1, 0.15) is 16.3 Å². The Kier molecular flexibility index (Phi) is 4.63. The Morgan fingerprint density at radius 1 is 1.37 bits per heavy atom. The number of carboxylic acid groups (broad SMARTS) is 1. The first-order chi connectivity index (χ1) is 9.06. The normalized spacial score (nSPS) is 10.4. The van der Waals surface area contributed by atoms with Gasteiger partial charge in [0.15, 0.2) is 5.69 Å². The third-order valence-electron chi connectivity index (χ3n) is 2.16. The lowest BCUT2D eigenvalue weighted by molar-refractivity contribution is 0.0690. The highest BCUT2D eigenvalue weighted by atomic mass is 35.5. The van der Waals surface area contributed by atoms with Crippen LogP contribution in [-0.4, -0.2) is 21.0 Å². The van der Waals surface area contributed by atoms with Crippen molar-refractivity contribution in [2.24, 2.45) is 0 Å². The molecule has 0 radical (unpaired) electrons. The van der Waals surface area contributed by atoms with E-state index in [-0.39, 0.29) is 10.7 Å². The quantitative estimate of drug-likeness (QED) is 0.870. The first kappa shape index (κ1) is 14.1. The first-order valence-corrected chi connectivity index (χ1v) is 6.93. The predicted octanol–water partition coefficient (Wildman–Crippen LogP) is 3.77. The fourth-order valence-electron chi connectivity index (χ4n) is 1.33. The number of nitrogens with zero attached hydrogens (tertiary/aromatic N) is 2. The van der Waals surface area contributed by atoms with Gasteiger partial charge in [0, 0.05) is 9.92 Å². The van der Waals surface area contributed by atoms with E-state index in [0.717, 1.165) is 4.90 Å². The molecule has 0 atom stereocenters. The summed E-state index contributed by atoms with van der Waals surface area (Å²) < 4.78 is 0. The minimum absolute atomic E-state index is 0.0315. The van der Waals surface area contributed by atoms with Crippen LogP contribution in [0.5, 0.6) is 0 Å². The second kappa shape index (κ2) is 6.23. The van der Waals surface area contributed by atoms with E-state index in [1.54, 1.807) is 6.07 Å². The Bertz CT molecular complexity index is 622. The zero-order chi connectivity index (χ0) is 13.8. The summed E-state index contributed by atoms with van der Waals surface area (Å²) in [5, 5.41) is 9.59. The number of rotatable bonds is 4. The second-order valence-electron chi connectivity index (χ2n) is 3.53. The van der Waals surface area contributed by atoms with Crippen LogP contribution in [0.25, 0.3) is 0 Å². The molecule has 0 aliphatic carbocycles. The van der Waals surface area contributed by atoms with Crippen LogP contribution in [0.2, 0.25) is 10.0 Å². The summed E-state index contributed by atoms with van der Waals surface area (Å²) in [4.78, 5) is 19.8. The van der Waals surface area contributed by atoms with Gasteiger partial charge in [-0.2, -0.15) is 0 Å². The highest BCUT2D eigenvalue weighted by Crippen LogP contribution is 2.24. The van der Waals surface area contributed by atoms with Crippen LogP contribution in [-0.2, 0) is 5.75 Å². The van der Waals surface area contributed by atoms with Crippen molar-refractivity contribution in [2.45, 2.75) is 10.6 Å². The molecule has 0 amide bonds. The van der Waals surface area contributed by atoms with E-state index in [1.807, 2.05) is 18.2 Å². The Morgan fingerprint density at radius 2 is 2.16 bits per heavy atom. The summed E-state index contributed by atoms with van der Waals surface area (Å²) in [6, 6.07) is 7.35. The van der Waals surface area contributed by atoms with Gasteiger partial charge in [-0.3, -0.25) is 0 Å². The van der Waals surface area contributed by atoms with E-state index in [0.29, 0.717) is 16.6 Å². The third-order valence-corrected chi connectivity index (χ3v) is 3.66. The van der Waals surface area contributed by atoms with Crippen molar-refractivity contribution in [2.75, 3.05) is 0 Å². The average Bonchev–Trinajstić information content (AvgIpc) is 2.37. The van der Waals surface area contributed by atoms with Gasteiger partial charge in [-0.25, -0.2) is 14.8 Å². The zero-order valence-electron chi connectivity index (χ0n) is 9.51. The van der Waals surface area contributed by atoms with Crippen LogP contribution in [0, 0.1) is 0 Å². The van der Waals surface area contributed by atoms with Crippen LogP contribution in [0.4, 0.5) is 0 Å². The minimum atomic E-state index is -1.17. The fraction of sp³-hybridized carbons (Fsp3) is 0.0833. The minimum Gasteiger partial charge on any atom is -0.476 e. The molecule has 0 saturated carbocycles. The predicted molar refractivity (Wildman–Crippen MR) is 75.0 cm³/mol. The van der Waals surface area contributed by atoms with Crippen LogP contribution in [0.15, 0.2) is 35.4 Å². The molecule has 1 aromatic heterocycles. The number of carbonyl (C=O) groups is 1. The summed E-state index contributed by atoms with van der Waals surface area (Å²) in [6.45, 7) is 0. The molecule has 1 aromatic carbocycles. The van der Waals surface area contributed by atoms with Gasteiger partial charge in [0.05, 0.1) is 17.0 Å². The maximum Gasteiger partial charge on any atom is 0.356 e. The Balaban J connectivity index is 2.12. The lowest BCUT2D eigenvalue weighted by Gasteiger charge is -2.03. The standard InChI is InChI=1S/C12H8Cl2N2O2S/c13-7-2-1-3-8(4-7)19-6-10-15-5-9(14)11(16-10)12(17)18/h1-5H,6H2,(H,17,18). The highest BCUT2D eigenvalue weighted by molar-refractivity contribution is 7.98. The highest BCUT2D eigenvalue weighted by Gasteiger charge is 2.12. The maximum atomic E-state index is 10.9. The van der Waals surface area contributed by atoms with Crippen molar-refractivity contribution in [3.63, 3.8) is 0 Å². The molecule has 7 heteroatoms. The fourth-order valence-corrected chi connectivity index (χ4v) is 2.57. The molecule has 0 unspecified atom stereocenters. The summed E-state index contributed by atoms with van der Waals surface area (Å²) in [6.07, 6.45) is 1.30. The molecule has 0 spiro atoms. The van der Waals surface area contributed by atoms with Crippen LogP contribution >= 0.6 is 35.0 Å². The molecule has 1 N–H and O–H groups in total. The number of thioether (sulfide) groups is 1. The van der Waals surface area contributed by atoms with Gasteiger partial charge in [-0.05, 0) is 18.2 Å². The molecule has 4 nitrogen and oxygen atoms in total. The lowest BCUT2D eigenvalue weighted by Crippen LogP contribution is -2.05. The van der Waals surface area contributed by atoms with Crippen molar-refractivity contribution >= 4 is 40.9 Å². The second-order valence-corrected chi connectivity index (χ2v) is 5.43. The molecule has 2 aromatic rings. The summed E-state index contributed by atoms with van der Waals surface area (Å²) in [7, 11) is 0. The van der Waals surface area contributed by atoms with Crippen molar-refractivity contribution in [3.05, 3.63) is 52.0 Å². The Morgan fingerprint density at radius 3 is 2.84 bits per heavy atom. The third kappa shape index (κ3) is 3.83. The molecule has 0 saturated heterocycles. The van der Waals surface area contributed by atoms with Crippen LogP contribution in [0.3, 0.4) is 0 Å². The molecule has 19 heavy (non-hydrogen) atoms. The maximum absolute atomic E-state index is 10.9. The molecule has 2 rings (SSSR count). The Hall–Kier alpha value is -1.30. The molecule has 0 bridgehead atoms. The summed E-state index contributed by atoms with van der Waals surface area (Å²) in [5.74, 6) is -0.314. The van der Waals surface area contributed by atoms with Crippen molar-refractivity contribution in [1.29, 1.82) is 0 Å². The van der Waals surface area contributed by atoms with E-state index in [1.165, 1.54) is 18.0 Å². The smallest absolute Gasteiger partial charge is 0.356 e. The molecule has 98 valence electrons. The van der Waals surface area contributed by atoms with Crippen LogP contribution < -0.4 is 0 Å².